The van der Waals surface area contributed by atoms with Crippen molar-refractivity contribution < 1.29 is 4.79 Å². The Bertz CT molecular complexity index is 656. The first-order valence-electron chi connectivity index (χ1n) is 7.28. The zero-order chi connectivity index (χ0) is 16.2. The van der Waals surface area contributed by atoms with Crippen molar-refractivity contribution in [3.8, 4) is 0 Å². The molecule has 0 atom stereocenters. The molecule has 0 aliphatic rings. The summed E-state index contributed by atoms with van der Waals surface area (Å²) < 4.78 is 0.979. The van der Waals surface area contributed by atoms with Gasteiger partial charge in [-0.1, -0.05) is 40.2 Å². The highest BCUT2D eigenvalue weighted by molar-refractivity contribution is 9.10. The Morgan fingerprint density at radius 3 is 2.43 bits per heavy atom. The highest BCUT2D eigenvalue weighted by Gasteiger charge is 2.29. The molecule has 0 fully saturated rings. The van der Waals surface area contributed by atoms with Gasteiger partial charge in [0.05, 0.1) is 5.41 Å². The van der Waals surface area contributed by atoms with Gasteiger partial charge in [-0.3, -0.25) is 4.79 Å². The van der Waals surface area contributed by atoms with Gasteiger partial charge in [0.15, 0.2) is 0 Å². The molecular formula is C18H22BrClN2O. The first-order chi connectivity index (χ1) is 10.4. The maximum atomic E-state index is 12.5. The van der Waals surface area contributed by atoms with Gasteiger partial charge in [0.25, 0.3) is 0 Å². The van der Waals surface area contributed by atoms with E-state index in [0.717, 1.165) is 27.7 Å². The molecule has 3 N–H and O–H groups in total. The molecule has 0 heterocycles. The number of anilines is 1. The fourth-order valence-electron chi connectivity index (χ4n) is 2.23. The number of rotatable bonds is 5. The van der Waals surface area contributed by atoms with E-state index < -0.39 is 5.41 Å². The average molecular weight is 398 g/mol. The monoisotopic (exact) mass is 396 g/mol. The first kappa shape index (κ1) is 19.5. The Morgan fingerprint density at radius 1 is 1.17 bits per heavy atom. The maximum Gasteiger partial charge on any atom is 0.230 e. The third-order valence-corrected chi connectivity index (χ3v) is 4.29. The minimum Gasteiger partial charge on any atom is -0.399 e. The fourth-order valence-corrected chi connectivity index (χ4v) is 2.63. The second kappa shape index (κ2) is 8.37. The predicted molar refractivity (Wildman–Crippen MR) is 102 cm³/mol. The number of amides is 1. The first-order valence-corrected chi connectivity index (χ1v) is 8.07. The second-order valence-corrected chi connectivity index (χ2v) is 6.80. The molecule has 0 saturated carbocycles. The van der Waals surface area contributed by atoms with E-state index >= 15 is 0 Å². The number of carbonyl (C=O) groups excluding carboxylic acids is 1. The molecule has 1 amide bonds. The summed E-state index contributed by atoms with van der Waals surface area (Å²) in [5.74, 6) is 0.0287. The molecule has 2 aromatic carbocycles. The summed E-state index contributed by atoms with van der Waals surface area (Å²) in [5, 5.41) is 3.02. The molecule has 0 saturated heterocycles. The van der Waals surface area contributed by atoms with Gasteiger partial charge in [0, 0.05) is 16.7 Å². The molecule has 0 aromatic heterocycles. The smallest absolute Gasteiger partial charge is 0.230 e. The molecule has 0 spiro atoms. The maximum absolute atomic E-state index is 12.5. The summed E-state index contributed by atoms with van der Waals surface area (Å²) in [6.07, 6.45) is 0.792. The zero-order valence-electron chi connectivity index (χ0n) is 13.3. The van der Waals surface area contributed by atoms with E-state index in [4.69, 9.17) is 5.73 Å². The van der Waals surface area contributed by atoms with E-state index in [9.17, 15) is 4.79 Å². The van der Waals surface area contributed by atoms with Gasteiger partial charge in [-0.15, -0.1) is 12.4 Å². The van der Waals surface area contributed by atoms with E-state index in [-0.39, 0.29) is 18.3 Å². The van der Waals surface area contributed by atoms with Crippen LogP contribution in [0.5, 0.6) is 0 Å². The van der Waals surface area contributed by atoms with Crippen molar-refractivity contribution in [2.75, 3.05) is 12.3 Å². The van der Waals surface area contributed by atoms with Gasteiger partial charge in [-0.05, 0) is 55.7 Å². The van der Waals surface area contributed by atoms with Crippen molar-refractivity contribution in [1.29, 1.82) is 0 Å². The van der Waals surface area contributed by atoms with Crippen molar-refractivity contribution in [3.63, 3.8) is 0 Å². The fraction of sp³-hybridized carbons (Fsp3) is 0.278. The van der Waals surface area contributed by atoms with Crippen LogP contribution >= 0.6 is 28.3 Å². The lowest BCUT2D eigenvalue weighted by molar-refractivity contribution is -0.125. The van der Waals surface area contributed by atoms with Crippen molar-refractivity contribution in [2.24, 2.45) is 0 Å². The highest BCUT2D eigenvalue weighted by Crippen LogP contribution is 2.25. The third-order valence-electron chi connectivity index (χ3n) is 3.79. The Labute approximate surface area is 152 Å². The summed E-state index contributed by atoms with van der Waals surface area (Å²) in [4.78, 5) is 12.5. The number of nitrogen functional groups attached to an aromatic ring is 1. The van der Waals surface area contributed by atoms with E-state index in [1.807, 2.05) is 62.4 Å². The van der Waals surface area contributed by atoms with Gasteiger partial charge in [-0.2, -0.15) is 0 Å². The molecule has 3 nitrogen and oxygen atoms in total. The van der Waals surface area contributed by atoms with Crippen LogP contribution < -0.4 is 11.1 Å². The number of nitrogens with one attached hydrogen (secondary N) is 1. The van der Waals surface area contributed by atoms with E-state index in [1.165, 1.54) is 0 Å². The Balaban J connectivity index is 0.00000264. The largest absolute Gasteiger partial charge is 0.399 e. The summed E-state index contributed by atoms with van der Waals surface area (Å²) in [6, 6.07) is 15.6. The Kier molecular flexibility index (Phi) is 7.10. The number of halogens is 2. The van der Waals surface area contributed by atoms with Crippen molar-refractivity contribution in [3.05, 3.63) is 64.1 Å². The molecule has 2 rings (SSSR count). The van der Waals surface area contributed by atoms with Crippen LogP contribution in [0.2, 0.25) is 0 Å². The minimum absolute atomic E-state index is 0. The number of carbonyl (C=O) groups is 1. The SMILES string of the molecule is CC(C)(C(=O)NCCc1ccc(N)cc1)c1cccc(Br)c1.Cl. The van der Waals surface area contributed by atoms with E-state index in [2.05, 4.69) is 21.2 Å². The van der Waals surface area contributed by atoms with Crippen molar-refractivity contribution in [2.45, 2.75) is 25.7 Å². The summed E-state index contributed by atoms with van der Waals surface area (Å²) in [5.41, 5.74) is 8.01. The number of hydrogen-bond acceptors (Lipinski definition) is 2. The predicted octanol–water partition coefficient (Wildman–Crippen LogP) is 4.09. The summed E-state index contributed by atoms with van der Waals surface area (Å²) in [6.45, 7) is 4.49. The lowest BCUT2D eigenvalue weighted by Gasteiger charge is -2.24. The Hall–Kier alpha value is -1.52. The average Bonchev–Trinajstić information content (AvgIpc) is 2.49. The van der Waals surface area contributed by atoms with Crippen LogP contribution in [0.1, 0.15) is 25.0 Å². The molecule has 0 aliphatic heterocycles. The van der Waals surface area contributed by atoms with Gasteiger partial charge in [0.2, 0.25) is 5.91 Å². The van der Waals surface area contributed by atoms with Crippen LogP contribution in [-0.4, -0.2) is 12.5 Å². The lowest BCUT2D eigenvalue weighted by Crippen LogP contribution is -2.40. The Morgan fingerprint density at radius 2 is 1.83 bits per heavy atom. The molecule has 23 heavy (non-hydrogen) atoms. The van der Waals surface area contributed by atoms with Crippen LogP contribution in [0.25, 0.3) is 0 Å². The van der Waals surface area contributed by atoms with Gasteiger partial charge in [-0.25, -0.2) is 0 Å². The lowest BCUT2D eigenvalue weighted by atomic mass is 9.84. The van der Waals surface area contributed by atoms with Crippen molar-refractivity contribution >= 4 is 39.9 Å². The minimum atomic E-state index is -0.565. The summed E-state index contributed by atoms with van der Waals surface area (Å²) in [7, 11) is 0. The highest BCUT2D eigenvalue weighted by atomic mass is 79.9. The summed E-state index contributed by atoms with van der Waals surface area (Å²) >= 11 is 3.45. The van der Waals surface area contributed by atoms with Gasteiger partial charge < -0.3 is 11.1 Å². The molecule has 0 aliphatic carbocycles. The molecule has 124 valence electrons. The van der Waals surface area contributed by atoms with Crippen LogP contribution in [0.3, 0.4) is 0 Å². The third kappa shape index (κ3) is 5.26. The van der Waals surface area contributed by atoms with Crippen LogP contribution in [0.15, 0.2) is 53.0 Å². The van der Waals surface area contributed by atoms with Crippen LogP contribution in [-0.2, 0) is 16.6 Å². The molecule has 2 aromatic rings. The van der Waals surface area contributed by atoms with E-state index in [0.29, 0.717) is 6.54 Å². The van der Waals surface area contributed by atoms with Gasteiger partial charge in [0.1, 0.15) is 0 Å². The number of nitrogens with two attached hydrogens (primary N) is 1. The van der Waals surface area contributed by atoms with Crippen molar-refractivity contribution in [1.82, 2.24) is 5.32 Å². The quantitative estimate of drug-likeness (QED) is 0.747. The molecule has 0 bridgehead atoms. The molecule has 5 heteroatoms. The van der Waals surface area contributed by atoms with Gasteiger partial charge >= 0.3 is 0 Å². The van der Waals surface area contributed by atoms with Crippen LogP contribution in [0, 0.1) is 0 Å². The normalized spacial score (nSPS) is 10.7. The standard InChI is InChI=1S/C18H21BrN2O.ClH/c1-18(2,14-4-3-5-15(19)12-14)17(22)21-11-10-13-6-8-16(20)9-7-13;/h3-9,12H,10-11,20H2,1-2H3,(H,21,22);1H. The molecule has 0 radical (unpaired) electrons. The second-order valence-electron chi connectivity index (χ2n) is 5.88. The number of benzene rings is 2. The van der Waals surface area contributed by atoms with E-state index in [1.54, 1.807) is 0 Å². The van der Waals surface area contributed by atoms with Crippen LogP contribution in [0.4, 0.5) is 5.69 Å². The molecule has 0 unspecified atom stereocenters. The number of hydrogen-bond donors (Lipinski definition) is 2. The zero-order valence-corrected chi connectivity index (χ0v) is 15.7. The topological polar surface area (TPSA) is 55.1 Å². The molecular weight excluding hydrogens is 376 g/mol.